The molecule has 0 aliphatic rings. The fraction of sp³-hybridized carbons (Fsp3) is 0.722. The van der Waals surface area contributed by atoms with E-state index in [0.29, 0.717) is 12.8 Å². The molecule has 0 aromatic carbocycles. The van der Waals surface area contributed by atoms with Gasteiger partial charge < -0.3 is 20.4 Å². The van der Waals surface area contributed by atoms with Crippen LogP contribution in [0.15, 0.2) is 0 Å². The van der Waals surface area contributed by atoms with Crippen molar-refractivity contribution in [1.82, 2.24) is 14.7 Å². The molecule has 0 aliphatic heterocycles. The number of carboxylic acid groups (broad SMARTS) is 4. The molecular weight excluding hydrogens is 402 g/mol. The summed E-state index contributed by atoms with van der Waals surface area (Å²) in [5.74, 6) is -4.82. The van der Waals surface area contributed by atoms with Crippen LogP contribution in [0.2, 0.25) is 0 Å². The summed E-state index contributed by atoms with van der Waals surface area (Å²) < 4.78 is 0. The van der Waals surface area contributed by atoms with E-state index in [9.17, 15) is 24.0 Å². The molecule has 0 saturated carbocycles. The van der Waals surface area contributed by atoms with Crippen molar-refractivity contribution in [2.24, 2.45) is 0 Å². The van der Waals surface area contributed by atoms with Crippen LogP contribution in [0.25, 0.3) is 0 Å². The minimum absolute atomic E-state index is 0. The monoisotopic (exact) mass is 435 g/mol. The second-order valence-corrected chi connectivity index (χ2v) is 6.56. The highest BCUT2D eigenvalue weighted by Gasteiger charge is 2.19. The Hall–Kier alpha value is -2.57. The molecule has 0 bridgehead atoms. The predicted molar refractivity (Wildman–Crippen MR) is 107 cm³/mol. The van der Waals surface area contributed by atoms with E-state index in [4.69, 9.17) is 20.4 Å². The Labute approximate surface area is 175 Å². The van der Waals surface area contributed by atoms with Crippen LogP contribution < -0.4 is 0 Å². The zero-order chi connectivity index (χ0) is 22.4. The summed E-state index contributed by atoms with van der Waals surface area (Å²) in [5.41, 5.74) is 0. The maximum Gasteiger partial charge on any atom is 0.317 e. The Kier molecular flexibility index (Phi) is 16.1. The van der Waals surface area contributed by atoms with E-state index < -0.39 is 50.1 Å². The lowest BCUT2D eigenvalue weighted by atomic mass is 10.2. The third-order valence-corrected chi connectivity index (χ3v) is 3.83. The average molecular weight is 435 g/mol. The highest BCUT2D eigenvalue weighted by atomic mass is 16.4. The molecule has 0 spiro atoms. The van der Waals surface area contributed by atoms with E-state index in [1.807, 2.05) is 6.92 Å². The maximum absolute atomic E-state index is 12.0. The zero-order valence-corrected chi connectivity index (χ0v) is 16.4. The van der Waals surface area contributed by atoms with Crippen LogP contribution >= 0.6 is 0 Å². The largest absolute Gasteiger partial charge is 0.480 e. The third kappa shape index (κ3) is 16.4. The van der Waals surface area contributed by atoms with Gasteiger partial charge >= 0.3 is 23.9 Å². The van der Waals surface area contributed by atoms with Gasteiger partial charge in [-0.1, -0.05) is 14.4 Å². The molecule has 0 aromatic heterocycles. The van der Waals surface area contributed by atoms with E-state index in [1.54, 1.807) is 4.90 Å². The number of carbonyl (C=O) groups is 5. The maximum atomic E-state index is 12.0. The van der Waals surface area contributed by atoms with Gasteiger partial charge in [0.05, 0.1) is 32.7 Å². The summed E-state index contributed by atoms with van der Waals surface area (Å²) in [7, 11) is 0. The number of carboxylic acids is 4. The highest BCUT2D eigenvalue weighted by Crippen LogP contribution is 1.99. The van der Waals surface area contributed by atoms with Crippen LogP contribution in [0.4, 0.5) is 0 Å². The van der Waals surface area contributed by atoms with Crippen molar-refractivity contribution < 1.29 is 44.4 Å². The number of nitrogens with zero attached hydrogens (tertiary/aromatic N) is 3. The van der Waals surface area contributed by atoms with E-state index >= 15 is 0 Å². The average Bonchev–Trinajstić information content (AvgIpc) is 2.54. The van der Waals surface area contributed by atoms with Gasteiger partial charge in [0.15, 0.2) is 0 Å². The lowest BCUT2D eigenvalue weighted by Gasteiger charge is -2.28. The summed E-state index contributed by atoms with van der Waals surface area (Å²) in [6.07, 6.45) is 0.972. The third-order valence-electron chi connectivity index (χ3n) is 3.83. The molecule has 0 aromatic rings. The molecule has 0 atom stereocenters. The predicted octanol–water partition coefficient (Wildman–Crippen LogP) is -0.764. The van der Waals surface area contributed by atoms with Crippen molar-refractivity contribution in [1.29, 1.82) is 0 Å². The van der Waals surface area contributed by atoms with Gasteiger partial charge in [-0.15, -0.1) is 0 Å². The van der Waals surface area contributed by atoms with Crippen LogP contribution in [-0.4, -0.2) is 124 Å². The molecule has 30 heavy (non-hydrogen) atoms. The topological polar surface area (TPSA) is 176 Å². The van der Waals surface area contributed by atoms with Gasteiger partial charge in [-0.3, -0.25) is 38.7 Å². The number of rotatable bonds is 18. The number of carbonyl (C=O) groups excluding carboxylic acids is 1. The fourth-order valence-corrected chi connectivity index (χ4v) is 2.64. The molecule has 0 aliphatic carbocycles. The Morgan fingerprint density at radius 2 is 0.867 bits per heavy atom. The highest BCUT2D eigenvalue weighted by molar-refractivity contribution is 5.80. The van der Waals surface area contributed by atoms with Crippen molar-refractivity contribution in [2.45, 2.75) is 27.2 Å². The SMILES string of the molecule is C.CCCC(=O)CN(CCN(CC(=O)O)CC(=O)O)CCN(CC(=O)O)CC(=O)O. The first-order chi connectivity index (χ1) is 13.5. The number of aliphatic carboxylic acids is 4. The smallest absolute Gasteiger partial charge is 0.317 e. The van der Waals surface area contributed by atoms with Gasteiger partial charge in [0.1, 0.15) is 5.78 Å². The summed E-state index contributed by atoms with van der Waals surface area (Å²) in [6, 6.07) is 0. The first-order valence-electron chi connectivity index (χ1n) is 9.09. The minimum Gasteiger partial charge on any atom is -0.480 e. The summed E-state index contributed by atoms with van der Waals surface area (Å²) in [4.78, 5) is 59.7. The van der Waals surface area contributed by atoms with E-state index in [-0.39, 0.29) is 45.9 Å². The first-order valence-corrected chi connectivity index (χ1v) is 9.09. The molecule has 4 N–H and O–H groups in total. The fourth-order valence-electron chi connectivity index (χ4n) is 2.64. The van der Waals surface area contributed by atoms with E-state index in [0.717, 1.165) is 0 Å². The summed E-state index contributed by atoms with van der Waals surface area (Å²) in [6.45, 7) is 0.418. The van der Waals surface area contributed by atoms with Gasteiger partial charge in [-0.25, -0.2) is 0 Å². The first kappa shape index (κ1) is 29.6. The van der Waals surface area contributed by atoms with Crippen LogP contribution in [0.3, 0.4) is 0 Å². The van der Waals surface area contributed by atoms with Crippen molar-refractivity contribution >= 4 is 29.7 Å². The van der Waals surface area contributed by atoms with Gasteiger partial charge in [0, 0.05) is 32.6 Å². The second kappa shape index (κ2) is 16.3. The van der Waals surface area contributed by atoms with Crippen LogP contribution in [0.5, 0.6) is 0 Å². The molecular formula is C18H33N3O9. The molecule has 0 radical (unpaired) electrons. The Morgan fingerprint density at radius 1 is 0.567 bits per heavy atom. The number of hydrogen-bond acceptors (Lipinski definition) is 8. The zero-order valence-electron chi connectivity index (χ0n) is 16.4. The molecule has 174 valence electrons. The molecule has 0 unspecified atom stereocenters. The molecule has 0 heterocycles. The number of ketones is 1. The standard InChI is InChI=1S/C17H29N3O9.CH4/c1-2-3-13(21)8-18(4-6-19(9-14(22)23)10-15(24)25)5-7-20(11-16(26)27)12-17(28)29;/h2-12H2,1H3,(H,22,23)(H,24,25)(H,26,27)(H,28,29);1H4. The molecule has 0 fully saturated rings. The van der Waals surface area contributed by atoms with Crippen molar-refractivity contribution in [2.75, 3.05) is 58.9 Å². The van der Waals surface area contributed by atoms with Gasteiger partial charge in [0.25, 0.3) is 0 Å². The minimum atomic E-state index is -1.19. The van der Waals surface area contributed by atoms with Crippen molar-refractivity contribution in [3.05, 3.63) is 0 Å². The van der Waals surface area contributed by atoms with E-state index in [1.165, 1.54) is 9.80 Å². The molecule has 12 nitrogen and oxygen atoms in total. The number of Topliss-reactive ketones (excluding diaryl/α,β-unsaturated/α-hetero) is 1. The van der Waals surface area contributed by atoms with Gasteiger partial charge in [-0.2, -0.15) is 0 Å². The normalized spacial score (nSPS) is 10.8. The Balaban J connectivity index is 0. The molecule has 0 rings (SSSR count). The van der Waals surface area contributed by atoms with Gasteiger partial charge in [0.2, 0.25) is 0 Å². The number of hydrogen-bond donors (Lipinski definition) is 4. The summed E-state index contributed by atoms with van der Waals surface area (Å²) >= 11 is 0. The van der Waals surface area contributed by atoms with Crippen LogP contribution in [-0.2, 0) is 24.0 Å². The van der Waals surface area contributed by atoms with Crippen LogP contribution in [0, 0.1) is 0 Å². The molecule has 12 heteroatoms. The Bertz CT molecular complexity index is 511. The molecule has 0 amide bonds. The Morgan fingerprint density at radius 3 is 1.13 bits per heavy atom. The van der Waals surface area contributed by atoms with Crippen molar-refractivity contribution in [3.63, 3.8) is 0 Å². The van der Waals surface area contributed by atoms with E-state index in [2.05, 4.69) is 0 Å². The quantitative estimate of drug-likeness (QED) is 0.212. The molecule has 0 saturated heterocycles. The van der Waals surface area contributed by atoms with Crippen LogP contribution in [0.1, 0.15) is 27.2 Å². The summed E-state index contributed by atoms with van der Waals surface area (Å²) in [5, 5.41) is 35.6. The lowest BCUT2D eigenvalue weighted by Crippen LogP contribution is -2.45. The second-order valence-electron chi connectivity index (χ2n) is 6.56. The lowest BCUT2D eigenvalue weighted by molar-refractivity contribution is -0.143. The van der Waals surface area contributed by atoms with Crippen molar-refractivity contribution in [3.8, 4) is 0 Å². The van der Waals surface area contributed by atoms with Gasteiger partial charge in [-0.05, 0) is 6.42 Å².